The highest BCUT2D eigenvalue weighted by molar-refractivity contribution is 6.30. The van der Waals surface area contributed by atoms with Crippen LogP contribution in [0.15, 0.2) is 24.3 Å². The summed E-state index contributed by atoms with van der Waals surface area (Å²) in [5, 5.41) is 4.49. The van der Waals surface area contributed by atoms with Crippen LogP contribution in [-0.2, 0) is 6.54 Å². The predicted octanol–water partition coefficient (Wildman–Crippen LogP) is 4.25. The van der Waals surface area contributed by atoms with Crippen molar-refractivity contribution in [1.29, 1.82) is 0 Å². The monoisotopic (exact) mass is 251 g/mol. The molecule has 3 atom stereocenters. The van der Waals surface area contributed by atoms with E-state index in [1.54, 1.807) is 0 Å². The third-order valence-electron chi connectivity index (χ3n) is 4.08. The van der Waals surface area contributed by atoms with E-state index in [-0.39, 0.29) is 0 Å². The van der Waals surface area contributed by atoms with E-state index in [2.05, 4.69) is 25.2 Å². The lowest BCUT2D eigenvalue weighted by atomic mass is 9.79. The molecule has 0 radical (unpaired) electrons. The zero-order valence-corrected chi connectivity index (χ0v) is 11.5. The summed E-state index contributed by atoms with van der Waals surface area (Å²) in [6, 6.07) is 8.80. The molecule has 1 aliphatic carbocycles. The van der Waals surface area contributed by atoms with Gasteiger partial charge in [0.1, 0.15) is 0 Å². The maximum Gasteiger partial charge on any atom is 0.0409 e. The van der Waals surface area contributed by atoms with Crippen molar-refractivity contribution in [2.24, 2.45) is 11.8 Å². The third kappa shape index (κ3) is 3.72. The highest BCUT2D eigenvalue weighted by Gasteiger charge is 2.23. The van der Waals surface area contributed by atoms with E-state index < -0.39 is 0 Å². The molecule has 1 aromatic rings. The quantitative estimate of drug-likeness (QED) is 0.847. The topological polar surface area (TPSA) is 12.0 Å². The second-order valence-corrected chi connectivity index (χ2v) is 5.91. The summed E-state index contributed by atoms with van der Waals surface area (Å²) in [6.07, 6.45) is 3.97. The van der Waals surface area contributed by atoms with Crippen LogP contribution < -0.4 is 5.32 Å². The Labute approximate surface area is 110 Å². The van der Waals surface area contributed by atoms with E-state index in [1.807, 2.05) is 18.2 Å². The van der Waals surface area contributed by atoms with Crippen LogP contribution in [0.25, 0.3) is 0 Å². The molecule has 0 saturated heterocycles. The van der Waals surface area contributed by atoms with E-state index in [4.69, 9.17) is 11.6 Å². The average Bonchev–Trinajstić information content (AvgIpc) is 2.31. The first-order chi connectivity index (χ1) is 8.15. The number of nitrogens with one attached hydrogen (secondary N) is 1. The van der Waals surface area contributed by atoms with Gasteiger partial charge in [-0.15, -0.1) is 0 Å². The number of rotatable bonds is 3. The number of hydrogen-bond donors (Lipinski definition) is 1. The molecule has 1 aliphatic rings. The van der Waals surface area contributed by atoms with Crippen molar-refractivity contribution in [3.05, 3.63) is 34.9 Å². The van der Waals surface area contributed by atoms with Gasteiger partial charge in [0.05, 0.1) is 0 Å². The first-order valence-electron chi connectivity index (χ1n) is 6.63. The fourth-order valence-electron chi connectivity index (χ4n) is 2.64. The summed E-state index contributed by atoms with van der Waals surface area (Å²) in [4.78, 5) is 0. The molecule has 1 nitrogen and oxygen atoms in total. The normalized spacial score (nSPS) is 29.2. The third-order valence-corrected chi connectivity index (χ3v) is 4.32. The number of benzene rings is 1. The van der Waals surface area contributed by atoms with E-state index in [1.165, 1.54) is 24.8 Å². The van der Waals surface area contributed by atoms with Crippen LogP contribution in [0.3, 0.4) is 0 Å². The zero-order chi connectivity index (χ0) is 12.3. The fraction of sp³-hybridized carbons (Fsp3) is 0.600. The summed E-state index contributed by atoms with van der Waals surface area (Å²) >= 11 is 5.98. The van der Waals surface area contributed by atoms with Gasteiger partial charge in [0.2, 0.25) is 0 Å². The Kier molecular flexibility index (Phi) is 4.47. The second kappa shape index (κ2) is 5.88. The molecule has 2 rings (SSSR count). The van der Waals surface area contributed by atoms with Crippen molar-refractivity contribution in [3.8, 4) is 0 Å². The molecule has 1 aromatic carbocycles. The Balaban J connectivity index is 1.82. The van der Waals surface area contributed by atoms with Gasteiger partial charge >= 0.3 is 0 Å². The first-order valence-corrected chi connectivity index (χ1v) is 7.01. The smallest absolute Gasteiger partial charge is 0.0409 e. The van der Waals surface area contributed by atoms with Crippen molar-refractivity contribution in [2.75, 3.05) is 0 Å². The summed E-state index contributed by atoms with van der Waals surface area (Å²) < 4.78 is 0. The summed E-state index contributed by atoms with van der Waals surface area (Å²) in [5.74, 6) is 1.74. The standard InChI is InChI=1S/C15H22ClN/c1-11-6-7-15(8-12(11)2)17-10-13-4-3-5-14(16)9-13/h3-5,9,11-12,15,17H,6-8,10H2,1-2H3. The maximum absolute atomic E-state index is 5.98. The molecule has 1 fully saturated rings. The molecule has 3 unspecified atom stereocenters. The summed E-state index contributed by atoms with van der Waals surface area (Å²) in [5.41, 5.74) is 1.28. The molecular formula is C15H22ClN. The molecule has 94 valence electrons. The first kappa shape index (κ1) is 12.9. The second-order valence-electron chi connectivity index (χ2n) is 5.48. The molecule has 0 heterocycles. The van der Waals surface area contributed by atoms with Crippen LogP contribution in [0.2, 0.25) is 5.02 Å². The van der Waals surface area contributed by atoms with Crippen molar-refractivity contribution in [1.82, 2.24) is 5.32 Å². The molecular weight excluding hydrogens is 230 g/mol. The minimum atomic E-state index is 0.681. The minimum Gasteiger partial charge on any atom is -0.310 e. The Bertz CT molecular complexity index is 364. The number of halogens is 1. The van der Waals surface area contributed by atoms with Gasteiger partial charge in [0.25, 0.3) is 0 Å². The summed E-state index contributed by atoms with van der Waals surface area (Å²) in [7, 11) is 0. The van der Waals surface area contributed by atoms with Crippen molar-refractivity contribution < 1.29 is 0 Å². The molecule has 0 amide bonds. The molecule has 17 heavy (non-hydrogen) atoms. The Morgan fingerprint density at radius 1 is 1.24 bits per heavy atom. The van der Waals surface area contributed by atoms with Gasteiger partial charge < -0.3 is 5.32 Å². The molecule has 0 bridgehead atoms. The minimum absolute atomic E-state index is 0.681. The van der Waals surface area contributed by atoms with Crippen molar-refractivity contribution in [2.45, 2.75) is 45.7 Å². The van der Waals surface area contributed by atoms with E-state index in [9.17, 15) is 0 Å². The van der Waals surface area contributed by atoms with Gasteiger partial charge in [-0.3, -0.25) is 0 Å². The van der Waals surface area contributed by atoms with Crippen LogP contribution >= 0.6 is 11.6 Å². The molecule has 0 aliphatic heterocycles. The molecule has 2 heteroatoms. The lowest BCUT2D eigenvalue weighted by Gasteiger charge is -2.32. The van der Waals surface area contributed by atoms with Crippen LogP contribution in [0, 0.1) is 11.8 Å². The highest BCUT2D eigenvalue weighted by atomic mass is 35.5. The van der Waals surface area contributed by atoms with Crippen LogP contribution in [0.4, 0.5) is 0 Å². The van der Waals surface area contributed by atoms with E-state index >= 15 is 0 Å². The van der Waals surface area contributed by atoms with Gasteiger partial charge in [0, 0.05) is 17.6 Å². The Hall–Kier alpha value is -0.530. The predicted molar refractivity (Wildman–Crippen MR) is 74.3 cm³/mol. The SMILES string of the molecule is CC1CCC(NCc2cccc(Cl)c2)CC1C. The van der Waals surface area contributed by atoms with Crippen LogP contribution in [-0.4, -0.2) is 6.04 Å². The van der Waals surface area contributed by atoms with Crippen LogP contribution in [0.1, 0.15) is 38.7 Å². The Morgan fingerprint density at radius 2 is 2.06 bits per heavy atom. The van der Waals surface area contributed by atoms with Crippen molar-refractivity contribution in [3.63, 3.8) is 0 Å². The van der Waals surface area contributed by atoms with Gasteiger partial charge in [0.15, 0.2) is 0 Å². The van der Waals surface area contributed by atoms with Gasteiger partial charge in [-0.25, -0.2) is 0 Å². The summed E-state index contributed by atoms with van der Waals surface area (Å²) in [6.45, 7) is 5.68. The van der Waals surface area contributed by atoms with Crippen LogP contribution in [0.5, 0.6) is 0 Å². The average molecular weight is 252 g/mol. The molecule has 0 aromatic heterocycles. The highest BCUT2D eigenvalue weighted by Crippen LogP contribution is 2.29. The van der Waals surface area contributed by atoms with E-state index in [0.29, 0.717) is 6.04 Å². The lowest BCUT2D eigenvalue weighted by molar-refractivity contribution is 0.225. The molecule has 1 saturated carbocycles. The lowest BCUT2D eigenvalue weighted by Crippen LogP contribution is -2.35. The number of hydrogen-bond acceptors (Lipinski definition) is 1. The largest absolute Gasteiger partial charge is 0.310 e. The fourth-order valence-corrected chi connectivity index (χ4v) is 2.85. The maximum atomic E-state index is 5.98. The zero-order valence-electron chi connectivity index (χ0n) is 10.7. The molecule has 0 spiro atoms. The van der Waals surface area contributed by atoms with E-state index in [0.717, 1.165) is 23.4 Å². The van der Waals surface area contributed by atoms with Gasteiger partial charge in [-0.1, -0.05) is 37.6 Å². The van der Waals surface area contributed by atoms with Gasteiger partial charge in [-0.05, 0) is 48.8 Å². The molecule has 1 N–H and O–H groups in total. The van der Waals surface area contributed by atoms with Gasteiger partial charge in [-0.2, -0.15) is 0 Å². The Morgan fingerprint density at radius 3 is 2.76 bits per heavy atom. The van der Waals surface area contributed by atoms with Crippen molar-refractivity contribution >= 4 is 11.6 Å².